The highest BCUT2D eigenvalue weighted by atomic mass is 35.5. The maximum atomic E-state index is 13.5. The second-order valence-corrected chi connectivity index (χ2v) is 5.31. The first-order valence-electron chi connectivity index (χ1n) is 6.96. The van der Waals surface area contributed by atoms with Crippen LogP contribution >= 0.6 is 12.4 Å². The Balaban J connectivity index is 0.00000220. The first-order chi connectivity index (χ1) is 9.49. The van der Waals surface area contributed by atoms with Gasteiger partial charge in [0.05, 0.1) is 0 Å². The summed E-state index contributed by atoms with van der Waals surface area (Å²) < 4.78 is 26.6. The van der Waals surface area contributed by atoms with Gasteiger partial charge in [0.15, 0.2) is 0 Å². The Bertz CT molecular complexity index is 499. The van der Waals surface area contributed by atoms with Crippen LogP contribution in [0.2, 0.25) is 0 Å². The maximum absolute atomic E-state index is 13.5. The standard InChI is InChI=1S/C15H20F2N2O.ClH/c1-10-11(2)19(8-7-18-10)15(20)6-3-12-9-13(16)4-5-14(12)17;/h4-5,9-11,18H,3,6-8H2,1-2H3;1H. The van der Waals surface area contributed by atoms with Crippen LogP contribution in [0, 0.1) is 11.6 Å². The molecule has 1 aromatic carbocycles. The van der Waals surface area contributed by atoms with Crippen LogP contribution in [0.5, 0.6) is 0 Å². The molecule has 21 heavy (non-hydrogen) atoms. The highest BCUT2D eigenvalue weighted by Crippen LogP contribution is 2.15. The summed E-state index contributed by atoms with van der Waals surface area (Å²) in [6.07, 6.45) is 0.435. The molecule has 118 valence electrons. The third kappa shape index (κ3) is 4.38. The van der Waals surface area contributed by atoms with Crippen LogP contribution in [-0.2, 0) is 11.2 Å². The number of amides is 1. The Morgan fingerprint density at radius 2 is 2.10 bits per heavy atom. The minimum atomic E-state index is -0.474. The summed E-state index contributed by atoms with van der Waals surface area (Å²) in [6.45, 7) is 5.47. The van der Waals surface area contributed by atoms with Crippen molar-refractivity contribution in [1.82, 2.24) is 10.2 Å². The molecule has 0 bridgehead atoms. The van der Waals surface area contributed by atoms with E-state index in [-0.39, 0.29) is 48.8 Å². The predicted octanol–water partition coefficient (Wildman–Crippen LogP) is 2.53. The van der Waals surface area contributed by atoms with E-state index in [1.54, 1.807) is 0 Å². The van der Waals surface area contributed by atoms with Crippen molar-refractivity contribution >= 4 is 18.3 Å². The van der Waals surface area contributed by atoms with Gasteiger partial charge in [-0.1, -0.05) is 0 Å². The summed E-state index contributed by atoms with van der Waals surface area (Å²) in [6, 6.07) is 3.71. The molecule has 1 heterocycles. The number of rotatable bonds is 3. The Hall–Kier alpha value is -1.20. The minimum absolute atomic E-state index is 0. The number of aryl methyl sites for hydroxylation is 1. The third-order valence-electron chi connectivity index (χ3n) is 3.97. The van der Waals surface area contributed by atoms with Crippen LogP contribution in [0.4, 0.5) is 8.78 Å². The summed E-state index contributed by atoms with van der Waals surface area (Å²) in [5.41, 5.74) is 0.259. The first kappa shape index (κ1) is 17.9. The molecule has 1 N–H and O–H groups in total. The molecule has 0 aliphatic carbocycles. The fourth-order valence-electron chi connectivity index (χ4n) is 2.53. The number of benzene rings is 1. The van der Waals surface area contributed by atoms with Crippen molar-refractivity contribution in [1.29, 1.82) is 0 Å². The van der Waals surface area contributed by atoms with Crippen molar-refractivity contribution in [3.8, 4) is 0 Å². The van der Waals surface area contributed by atoms with Gasteiger partial charge in [-0.25, -0.2) is 8.78 Å². The summed E-state index contributed by atoms with van der Waals surface area (Å²) in [5.74, 6) is -0.937. The van der Waals surface area contributed by atoms with E-state index < -0.39 is 11.6 Å². The summed E-state index contributed by atoms with van der Waals surface area (Å²) in [4.78, 5) is 14.0. The molecule has 1 aromatic rings. The number of nitrogens with zero attached hydrogens (tertiary/aromatic N) is 1. The number of nitrogens with one attached hydrogen (secondary N) is 1. The van der Waals surface area contributed by atoms with Gasteiger partial charge in [0.2, 0.25) is 5.91 Å². The molecule has 1 aliphatic rings. The molecular weight excluding hydrogens is 298 g/mol. The quantitative estimate of drug-likeness (QED) is 0.929. The van der Waals surface area contributed by atoms with Crippen LogP contribution < -0.4 is 5.32 Å². The van der Waals surface area contributed by atoms with E-state index >= 15 is 0 Å². The number of carbonyl (C=O) groups is 1. The van der Waals surface area contributed by atoms with E-state index in [4.69, 9.17) is 0 Å². The monoisotopic (exact) mass is 318 g/mol. The zero-order valence-electron chi connectivity index (χ0n) is 12.2. The number of hydrogen-bond acceptors (Lipinski definition) is 2. The molecule has 0 saturated carbocycles. The Morgan fingerprint density at radius 3 is 2.81 bits per heavy atom. The Kier molecular flexibility index (Phi) is 6.55. The second kappa shape index (κ2) is 7.71. The average Bonchev–Trinajstić information content (AvgIpc) is 2.42. The van der Waals surface area contributed by atoms with Crippen molar-refractivity contribution in [2.45, 2.75) is 38.8 Å². The van der Waals surface area contributed by atoms with Crippen LogP contribution in [0.15, 0.2) is 18.2 Å². The van der Waals surface area contributed by atoms with Gasteiger partial charge < -0.3 is 10.2 Å². The maximum Gasteiger partial charge on any atom is 0.223 e. The SMILES string of the molecule is CC1NCCN(C(=O)CCc2cc(F)ccc2F)C1C.Cl. The van der Waals surface area contributed by atoms with Gasteiger partial charge >= 0.3 is 0 Å². The van der Waals surface area contributed by atoms with E-state index in [9.17, 15) is 13.6 Å². The lowest BCUT2D eigenvalue weighted by Gasteiger charge is -2.38. The molecule has 0 spiro atoms. The molecule has 1 fully saturated rings. The molecule has 3 nitrogen and oxygen atoms in total. The number of piperazine rings is 1. The van der Waals surface area contributed by atoms with Crippen LogP contribution in [0.3, 0.4) is 0 Å². The molecule has 0 aromatic heterocycles. The van der Waals surface area contributed by atoms with Gasteiger partial charge in [-0.3, -0.25) is 4.79 Å². The van der Waals surface area contributed by atoms with Crippen molar-refractivity contribution < 1.29 is 13.6 Å². The van der Waals surface area contributed by atoms with E-state index in [0.717, 1.165) is 24.7 Å². The van der Waals surface area contributed by atoms with Gasteiger partial charge in [-0.2, -0.15) is 0 Å². The highest BCUT2D eigenvalue weighted by Gasteiger charge is 2.27. The third-order valence-corrected chi connectivity index (χ3v) is 3.97. The fraction of sp³-hybridized carbons (Fsp3) is 0.533. The summed E-state index contributed by atoms with van der Waals surface area (Å²) >= 11 is 0. The topological polar surface area (TPSA) is 32.3 Å². The van der Waals surface area contributed by atoms with Crippen molar-refractivity contribution in [3.05, 3.63) is 35.4 Å². The van der Waals surface area contributed by atoms with E-state index in [1.165, 1.54) is 0 Å². The fourth-order valence-corrected chi connectivity index (χ4v) is 2.53. The molecule has 6 heteroatoms. The van der Waals surface area contributed by atoms with E-state index in [0.29, 0.717) is 6.54 Å². The van der Waals surface area contributed by atoms with Crippen molar-refractivity contribution in [2.24, 2.45) is 0 Å². The molecular formula is C15H21ClF2N2O. The normalized spacial score (nSPS) is 21.8. The molecule has 0 radical (unpaired) electrons. The molecule has 1 saturated heterocycles. The van der Waals surface area contributed by atoms with Crippen molar-refractivity contribution in [2.75, 3.05) is 13.1 Å². The molecule has 1 amide bonds. The van der Waals surface area contributed by atoms with Gasteiger partial charge in [0.1, 0.15) is 11.6 Å². The molecule has 1 aliphatic heterocycles. The zero-order valence-corrected chi connectivity index (χ0v) is 13.1. The van der Waals surface area contributed by atoms with Crippen LogP contribution in [-0.4, -0.2) is 36.0 Å². The van der Waals surface area contributed by atoms with Crippen LogP contribution in [0.1, 0.15) is 25.8 Å². The molecule has 2 unspecified atom stereocenters. The second-order valence-electron chi connectivity index (χ2n) is 5.31. The van der Waals surface area contributed by atoms with E-state index in [1.807, 2.05) is 18.7 Å². The van der Waals surface area contributed by atoms with Crippen molar-refractivity contribution in [3.63, 3.8) is 0 Å². The average molecular weight is 319 g/mol. The van der Waals surface area contributed by atoms with Gasteiger partial charge in [0.25, 0.3) is 0 Å². The smallest absolute Gasteiger partial charge is 0.223 e. The molecule has 2 atom stereocenters. The molecule has 2 rings (SSSR count). The lowest BCUT2D eigenvalue weighted by Crippen LogP contribution is -2.57. The lowest BCUT2D eigenvalue weighted by molar-refractivity contribution is -0.134. The predicted molar refractivity (Wildman–Crippen MR) is 80.6 cm³/mol. The largest absolute Gasteiger partial charge is 0.337 e. The summed E-state index contributed by atoms with van der Waals surface area (Å²) in [7, 11) is 0. The van der Waals surface area contributed by atoms with Crippen LogP contribution in [0.25, 0.3) is 0 Å². The number of carbonyl (C=O) groups excluding carboxylic acids is 1. The van der Waals surface area contributed by atoms with E-state index in [2.05, 4.69) is 5.32 Å². The summed E-state index contributed by atoms with van der Waals surface area (Å²) in [5, 5.41) is 3.30. The zero-order chi connectivity index (χ0) is 14.7. The number of halogens is 3. The lowest BCUT2D eigenvalue weighted by atomic mass is 10.0. The Labute approximate surface area is 130 Å². The number of hydrogen-bond donors (Lipinski definition) is 1. The highest BCUT2D eigenvalue weighted by molar-refractivity contribution is 5.85. The Morgan fingerprint density at radius 1 is 1.38 bits per heavy atom. The van der Waals surface area contributed by atoms with Gasteiger partial charge in [0, 0.05) is 31.6 Å². The van der Waals surface area contributed by atoms with Gasteiger partial charge in [-0.05, 0) is 44.0 Å². The van der Waals surface area contributed by atoms with Gasteiger partial charge in [-0.15, -0.1) is 12.4 Å². The first-order valence-corrected chi connectivity index (χ1v) is 6.96. The minimum Gasteiger partial charge on any atom is -0.337 e.